The van der Waals surface area contributed by atoms with Crippen LogP contribution >= 0.6 is 6.34 Å². The fourth-order valence-corrected chi connectivity index (χ4v) is 23.8. The lowest BCUT2D eigenvalue weighted by molar-refractivity contribution is 0.00134. The Hall–Kier alpha value is 0.167. The van der Waals surface area contributed by atoms with Crippen LogP contribution in [0.4, 0.5) is 0 Å². The largest absolute Gasteiger partial charge is 0.362 e. The third-order valence-corrected chi connectivity index (χ3v) is 20.9. The molecule has 0 N–H and O–H groups in total. The Morgan fingerprint density at radius 2 is 0.897 bits per heavy atom. The topological polar surface area (TPSA) is 42.9 Å². The lowest BCUT2D eigenvalue weighted by atomic mass is 10.3. The summed E-state index contributed by atoms with van der Waals surface area (Å²) in [7, 11) is -2.24. The van der Waals surface area contributed by atoms with E-state index in [9.17, 15) is 5.53 Å². The number of nitrogens with zero attached hydrogens (tertiary/aromatic N) is 4. The molecule has 0 amide bonds. The van der Waals surface area contributed by atoms with E-state index >= 15 is 0 Å². The van der Waals surface area contributed by atoms with Crippen LogP contribution in [0.3, 0.4) is 0 Å². The fourth-order valence-electron chi connectivity index (χ4n) is 5.95. The molecule has 29 heavy (non-hydrogen) atoms. The van der Waals surface area contributed by atoms with E-state index in [1.54, 1.807) is 0 Å². The fraction of sp³-hybridized carbons (Fsp3) is 0.955. The summed E-state index contributed by atoms with van der Waals surface area (Å²) >= 11 is 6.78. The van der Waals surface area contributed by atoms with Crippen molar-refractivity contribution in [1.82, 2.24) is 9.34 Å². The van der Waals surface area contributed by atoms with Crippen LogP contribution < -0.4 is 0 Å². The van der Waals surface area contributed by atoms with E-state index in [4.69, 9.17) is 11.8 Å². The van der Waals surface area contributed by atoms with Crippen LogP contribution in [0, 0.1) is 0 Å². The van der Waals surface area contributed by atoms with Crippen molar-refractivity contribution in [2.24, 2.45) is 0 Å². The minimum absolute atomic E-state index is 0.274. The second-order valence-corrected chi connectivity index (χ2v) is 20.7. The maximum atomic E-state index is 10.7. The van der Waals surface area contributed by atoms with Crippen molar-refractivity contribution in [2.75, 3.05) is 0 Å². The van der Waals surface area contributed by atoms with Crippen molar-refractivity contribution in [3.8, 4) is 0 Å². The van der Waals surface area contributed by atoms with Crippen molar-refractivity contribution in [3.63, 3.8) is 0 Å². The third-order valence-electron chi connectivity index (χ3n) is 6.37. The second kappa shape index (κ2) is 11.2. The van der Waals surface area contributed by atoms with Gasteiger partial charge in [-0.05, 0) is 72.0 Å². The van der Waals surface area contributed by atoms with Crippen LogP contribution in [0.5, 0.6) is 0 Å². The highest BCUT2D eigenvalue weighted by atomic mass is 32.4. The third kappa shape index (κ3) is 5.33. The number of hydrogen-bond donors (Lipinski definition) is 0. The first-order valence-corrected chi connectivity index (χ1v) is 16.4. The molecule has 172 valence electrons. The first kappa shape index (κ1) is 29.2. The van der Waals surface area contributed by atoms with Gasteiger partial charge in [-0.3, -0.25) is 9.34 Å². The van der Waals surface area contributed by atoms with E-state index in [1.807, 2.05) is 0 Å². The Morgan fingerprint density at radius 3 is 1.03 bits per heavy atom. The van der Waals surface area contributed by atoms with Crippen molar-refractivity contribution in [3.05, 3.63) is 5.53 Å². The summed E-state index contributed by atoms with van der Waals surface area (Å²) in [6.07, 6.45) is -2.50. The maximum absolute atomic E-state index is 10.7. The van der Waals surface area contributed by atoms with Gasteiger partial charge in [0.1, 0.15) is 0 Å². The molecule has 0 radical (unpaired) electrons. The van der Waals surface area contributed by atoms with E-state index < -0.39 is 14.4 Å². The highest BCUT2D eigenvalue weighted by molar-refractivity contribution is 8.22. The van der Waals surface area contributed by atoms with Gasteiger partial charge in [0.05, 0.1) is 0 Å². The molecule has 4 nitrogen and oxygen atoms in total. The van der Waals surface area contributed by atoms with Gasteiger partial charge in [-0.1, -0.05) is 53.3 Å². The molecular weight excluding hydrogens is 411 g/mol. The Kier molecular flexibility index (Phi) is 11.2. The van der Waals surface area contributed by atoms with Crippen LogP contribution in [0.2, 0.25) is 16.6 Å². The minimum Gasteiger partial charge on any atom is -0.362 e. The summed E-state index contributed by atoms with van der Waals surface area (Å²) in [5.41, 5.74) is 12.0. The molecule has 0 aliphatic heterocycles. The van der Waals surface area contributed by atoms with Crippen LogP contribution in [0.15, 0.2) is 0 Å². The van der Waals surface area contributed by atoms with E-state index in [0.29, 0.717) is 16.6 Å². The van der Waals surface area contributed by atoms with Crippen molar-refractivity contribution >= 4 is 31.3 Å². The van der Waals surface area contributed by atoms with Gasteiger partial charge in [0.15, 0.2) is 6.34 Å². The minimum atomic E-state index is -2.50. The summed E-state index contributed by atoms with van der Waals surface area (Å²) in [5.74, 6) is 0. The zero-order valence-electron chi connectivity index (χ0n) is 21.7. The Labute approximate surface area is 188 Å². The van der Waals surface area contributed by atoms with Gasteiger partial charge >= 0.3 is 0 Å². The molecule has 0 saturated heterocycles. The molecule has 7 heteroatoms. The molecule has 0 rings (SSSR count). The Morgan fingerprint density at radius 1 is 0.655 bits per heavy atom. The first-order valence-electron chi connectivity index (χ1n) is 11.5. The molecule has 0 fully saturated rings. The SMILES string of the molecule is CC(C)N(C(C)C)P(=S)(C(=[N+]=[N-])[Si](C(C)C)(C(C)C)C(C)C)N(C(C)C)C(C)C. The monoisotopic (exact) mass is 460 g/mol. The van der Waals surface area contributed by atoms with Crippen LogP contribution in [0.1, 0.15) is 96.9 Å². The average molecular weight is 461 g/mol. The van der Waals surface area contributed by atoms with Crippen molar-refractivity contribution < 1.29 is 4.79 Å². The zero-order valence-corrected chi connectivity index (χ0v) is 24.4. The molecule has 0 aliphatic carbocycles. The smallest absolute Gasteiger partial charge is 0.293 e. The van der Waals surface area contributed by atoms with Gasteiger partial charge in [-0.2, -0.15) is 4.79 Å². The molecule has 0 aromatic heterocycles. The molecule has 0 aromatic carbocycles. The lowest BCUT2D eigenvalue weighted by Gasteiger charge is -2.51. The molecule has 0 aromatic rings. The predicted octanol–water partition coefficient (Wildman–Crippen LogP) is 7.38. The summed E-state index contributed by atoms with van der Waals surface area (Å²) < 4.78 is 5.01. The molecule has 0 unspecified atom stereocenters. The quantitative estimate of drug-likeness (QED) is 0.106. The average Bonchev–Trinajstić information content (AvgIpc) is 2.48. The van der Waals surface area contributed by atoms with E-state index in [0.717, 1.165) is 5.08 Å². The van der Waals surface area contributed by atoms with Crippen LogP contribution in [0.25, 0.3) is 5.53 Å². The second-order valence-electron chi connectivity index (χ2n) is 10.5. The summed E-state index contributed by atoms with van der Waals surface area (Å²) in [6.45, 7) is 31.8. The highest BCUT2D eigenvalue weighted by Gasteiger charge is 2.62. The zero-order chi connectivity index (χ0) is 23.5. The predicted molar refractivity (Wildman–Crippen MR) is 138 cm³/mol. The van der Waals surface area contributed by atoms with Gasteiger partial charge in [0, 0.05) is 24.2 Å². The van der Waals surface area contributed by atoms with Crippen LogP contribution in [-0.4, -0.2) is 51.4 Å². The molecule has 0 heterocycles. The standard InChI is InChI=1S/C22H49N4PSSi/c1-15(2)25(16(3)4)27(28,26(17(5)6)18(7)8)22(24-23)29(19(9)10,20(11)12)21(13)14/h15-21H,1-14H3. The van der Waals surface area contributed by atoms with Gasteiger partial charge in [-0.25, -0.2) is 0 Å². The van der Waals surface area contributed by atoms with Gasteiger partial charge in [-0.15, -0.1) is 0 Å². The first-order chi connectivity index (χ1) is 13.1. The van der Waals surface area contributed by atoms with Gasteiger partial charge in [0.2, 0.25) is 8.07 Å². The number of hydrogen-bond acceptors (Lipinski definition) is 1. The van der Waals surface area contributed by atoms with Gasteiger partial charge < -0.3 is 5.53 Å². The molecule has 0 bridgehead atoms. The molecule has 0 spiro atoms. The summed E-state index contributed by atoms with van der Waals surface area (Å²) in [4.78, 5) is 4.21. The normalized spacial score (nSPS) is 14.0. The molecular formula is C22H49N4PSSi. The summed E-state index contributed by atoms with van der Waals surface area (Å²) in [6, 6.07) is 1.10. The Bertz CT molecular complexity index is 561. The van der Waals surface area contributed by atoms with E-state index in [-0.39, 0.29) is 24.2 Å². The van der Waals surface area contributed by atoms with E-state index in [1.165, 1.54) is 0 Å². The highest BCUT2D eigenvalue weighted by Crippen LogP contribution is 2.64. The number of rotatable bonds is 11. The van der Waals surface area contributed by atoms with Crippen molar-refractivity contribution in [1.29, 1.82) is 0 Å². The van der Waals surface area contributed by atoms with E-state index in [2.05, 4.69) is 111 Å². The van der Waals surface area contributed by atoms with Gasteiger partial charge in [0.25, 0.3) is 5.08 Å². The summed E-state index contributed by atoms with van der Waals surface area (Å²) in [5, 5.41) is 0.977. The Balaban J connectivity index is 7.55. The van der Waals surface area contributed by atoms with Crippen molar-refractivity contribution in [2.45, 2.75) is 138 Å². The lowest BCUT2D eigenvalue weighted by Crippen LogP contribution is -2.58. The maximum Gasteiger partial charge on any atom is 0.293 e. The molecule has 0 atom stereocenters. The van der Waals surface area contributed by atoms with Crippen LogP contribution in [-0.2, 0) is 11.8 Å². The molecule has 0 aliphatic rings. The molecule has 0 saturated carbocycles.